The van der Waals surface area contributed by atoms with Crippen LogP contribution in [0.2, 0.25) is 0 Å². The second-order valence-electron chi connectivity index (χ2n) is 8.34. The van der Waals surface area contributed by atoms with Crippen LogP contribution < -0.4 is 19.1 Å². The van der Waals surface area contributed by atoms with Crippen LogP contribution >= 0.6 is 0 Å². The average molecular weight is 412 g/mol. The summed E-state index contributed by atoms with van der Waals surface area (Å²) in [7, 11) is 0. The zero-order chi connectivity index (χ0) is 20.4. The molecule has 7 nitrogen and oxygen atoms in total. The summed E-state index contributed by atoms with van der Waals surface area (Å²) < 4.78 is 19.7. The van der Waals surface area contributed by atoms with E-state index in [9.17, 15) is 0 Å². The number of hydrogen-bond donors (Lipinski definition) is 0. The van der Waals surface area contributed by atoms with E-state index in [1.54, 1.807) is 6.33 Å². The van der Waals surface area contributed by atoms with Crippen LogP contribution in [0.15, 0.2) is 61.1 Å². The fourth-order valence-electron chi connectivity index (χ4n) is 5.16. The van der Waals surface area contributed by atoms with E-state index < -0.39 is 0 Å². The second-order valence-corrected chi connectivity index (χ2v) is 8.34. The van der Waals surface area contributed by atoms with E-state index in [0.29, 0.717) is 19.8 Å². The zero-order valence-electron chi connectivity index (χ0n) is 16.8. The number of fused-ring (bicyclic) bond motifs is 6. The van der Waals surface area contributed by atoms with Gasteiger partial charge in [-0.3, -0.25) is 0 Å². The lowest BCUT2D eigenvalue weighted by Gasteiger charge is -2.26. The third-order valence-corrected chi connectivity index (χ3v) is 6.56. The van der Waals surface area contributed by atoms with Crippen molar-refractivity contribution in [2.24, 2.45) is 0 Å². The molecule has 31 heavy (non-hydrogen) atoms. The molecule has 2 aromatic carbocycles. The first-order chi connectivity index (χ1) is 15.3. The Kier molecular flexibility index (Phi) is 3.36. The molecule has 7 rings (SSSR count). The first-order valence-corrected chi connectivity index (χ1v) is 10.5. The Morgan fingerprint density at radius 2 is 1.77 bits per heavy atom. The molecule has 0 fully saturated rings. The molecule has 7 heteroatoms. The van der Waals surface area contributed by atoms with Crippen LogP contribution in [0.25, 0.3) is 5.65 Å². The summed E-state index contributed by atoms with van der Waals surface area (Å²) >= 11 is 0. The molecule has 1 unspecified atom stereocenters. The molecule has 0 radical (unpaired) electrons. The van der Waals surface area contributed by atoms with Crippen LogP contribution in [0.5, 0.6) is 17.2 Å². The summed E-state index contributed by atoms with van der Waals surface area (Å²) in [5, 5.41) is 4.28. The Bertz CT molecular complexity index is 1330. The van der Waals surface area contributed by atoms with Gasteiger partial charge in [0.1, 0.15) is 31.9 Å². The van der Waals surface area contributed by atoms with Gasteiger partial charge in [-0.1, -0.05) is 24.3 Å². The van der Waals surface area contributed by atoms with Crippen LogP contribution in [0.4, 0.5) is 5.69 Å². The third kappa shape index (κ3) is 2.40. The van der Waals surface area contributed by atoms with Crippen molar-refractivity contribution >= 4 is 11.3 Å². The van der Waals surface area contributed by atoms with E-state index >= 15 is 0 Å². The number of pyridine rings is 1. The second kappa shape index (κ2) is 6.14. The lowest BCUT2D eigenvalue weighted by molar-refractivity contribution is 0.171. The molecule has 0 N–H and O–H groups in total. The summed E-state index contributed by atoms with van der Waals surface area (Å²) in [5.74, 6) is 2.47. The van der Waals surface area contributed by atoms with E-state index in [2.05, 4.69) is 57.6 Å². The molecule has 0 saturated heterocycles. The minimum absolute atomic E-state index is 0.223. The minimum Gasteiger partial charge on any atom is -0.492 e. The van der Waals surface area contributed by atoms with E-state index in [1.165, 1.54) is 22.4 Å². The maximum atomic E-state index is 6.22. The fourth-order valence-corrected chi connectivity index (χ4v) is 5.16. The maximum Gasteiger partial charge on any atom is 0.165 e. The van der Waals surface area contributed by atoms with E-state index in [4.69, 9.17) is 14.2 Å². The van der Waals surface area contributed by atoms with Gasteiger partial charge in [0, 0.05) is 36.6 Å². The van der Waals surface area contributed by atoms with Gasteiger partial charge in [0.05, 0.1) is 5.41 Å². The van der Waals surface area contributed by atoms with Gasteiger partial charge < -0.3 is 19.1 Å². The quantitative estimate of drug-likeness (QED) is 0.504. The van der Waals surface area contributed by atoms with Crippen molar-refractivity contribution in [2.75, 3.05) is 31.3 Å². The molecule has 3 aliphatic heterocycles. The Labute approximate surface area is 178 Å². The SMILES string of the molecule is c1ccc2c(c1)N(Cc1ccc3ncnn3c1)CC21COc2cc3c(cc21)OCCO3. The molecule has 0 bridgehead atoms. The molecule has 0 amide bonds. The molecule has 3 aliphatic rings. The number of aromatic nitrogens is 3. The van der Waals surface area contributed by atoms with Crippen molar-refractivity contribution in [1.29, 1.82) is 0 Å². The average Bonchev–Trinajstić information content (AvgIpc) is 3.50. The largest absolute Gasteiger partial charge is 0.492 e. The number of rotatable bonds is 2. The first-order valence-electron chi connectivity index (χ1n) is 10.5. The van der Waals surface area contributed by atoms with Gasteiger partial charge in [-0.15, -0.1) is 0 Å². The topological polar surface area (TPSA) is 61.1 Å². The number of anilines is 1. The van der Waals surface area contributed by atoms with Gasteiger partial charge in [-0.25, -0.2) is 9.50 Å². The zero-order valence-corrected chi connectivity index (χ0v) is 16.8. The van der Waals surface area contributed by atoms with Crippen LogP contribution in [-0.4, -0.2) is 41.0 Å². The summed E-state index contributed by atoms with van der Waals surface area (Å²) in [6, 6.07) is 16.9. The van der Waals surface area contributed by atoms with Gasteiger partial charge in [0.25, 0.3) is 0 Å². The predicted octanol–water partition coefficient (Wildman–Crippen LogP) is 3.20. The molecule has 2 aromatic heterocycles. The molecule has 0 saturated carbocycles. The molecule has 5 heterocycles. The number of ether oxygens (including phenoxy) is 3. The molecule has 0 aliphatic carbocycles. The van der Waals surface area contributed by atoms with Crippen molar-refractivity contribution in [3.05, 3.63) is 77.7 Å². The van der Waals surface area contributed by atoms with E-state index in [-0.39, 0.29) is 5.41 Å². The van der Waals surface area contributed by atoms with Crippen molar-refractivity contribution in [2.45, 2.75) is 12.0 Å². The molecule has 154 valence electrons. The summed E-state index contributed by atoms with van der Waals surface area (Å²) in [6.07, 6.45) is 3.63. The summed E-state index contributed by atoms with van der Waals surface area (Å²) in [4.78, 5) is 6.68. The van der Waals surface area contributed by atoms with E-state index in [1.807, 2.05) is 16.6 Å². The number of para-hydroxylation sites is 1. The Morgan fingerprint density at radius 1 is 0.903 bits per heavy atom. The summed E-state index contributed by atoms with van der Waals surface area (Å²) in [6.45, 7) is 3.39. The van der Waals surface area contributed by atoms with Gasteiger partial charge in [0.2, 0.25) is 0 Å². The molecular weight excluding hydrogens is 392 g/mol. The van der Waals surface area contributed by atoms with E-state index in [0.717, 1.165) is 36.0 Å². The predicted molar refractivity (Wildman–Crippen MR) is 114 cm³/mol. The highest BCUT2D eigenvalue weighted by Gasteiger charge is 2.50. The van der Waals surface area contributed by atoms with Crippen molar-refractivity contribution < 1.29 is 14.2 Å². The highest BCUT2D eigenvalue weighted by Crippen LogP contribution is 2.54. The van der Waals surface area contributed by atoms with Crippen LogP contribution in [0.3, 0.4) is 0 Å². The molecule has 1 spiro atoms. The maximum absolute atomic E-state index is 6.22. The van der Waals surface area contributed by atoms with Crippen LogP contribution in [0, 0.1) is 0 Å². The van der Waals surface area contributed by atoms with Gasteiger partial charge in [-0.2, -0.15) is 5.10 Å². The van der Waals surface area contributed by atoms with Gasteiger partial charge >= 0.3 is 0 Å². The minimum atomic E-state index is -0.223. The lowest BCUT2D eigenvalue weighted by Crippen LogP contribution is -2.36. The number of nitrogens with zero attached hydrogens (tertiary/aromatic N) is 4. The van der Waals surface area contributed by atoms with Crippen molar-refractivity contribution in [3.63, 3.8) is 0 Å². The smallest absolute Gasteiger partial charge is 0.165 e. The first kappa shape index (κ1) is 17.0. The monoisotopic (exact) mass is 412 g/mol. The lowest BCUT2D eigenvalue weighted by atomic mass is 9.77. The standard InChI is InChI=1S/C24H20N4O3/c1-2-4-19-17(3-1)24(13-27(19)11-16-5-6-23-25-15-26-28(23)12-16)14-31-20-10-22-21(9-18(20)24)29-7-8-30-22/h1-6,9-10,12,15H,7-8,11,13-14H2. The number of benzene rings is 2. The van der Waals surface area contributed by atoms with Crippen LogP contribution in [-0.2, 0) is 12.0 Å². The highest BCUT2D eigenvalue weighted by atomic mass is 16.6. The molecule has 4 aromatic rings. The number of hydrogen-bond acceptors (Lipinski definition) is 6. The highest BCUT2D eigenvalue weighted by molar-refractivity contribution is 5.70. The Hall–Kier alpha value is -3.74. The Balaban J connectivity index is 1.31. The summed E-state index contributed by atoms with van der Waals surface area (Å²) in [5.41, 5.74) is 5.54. The fraction of sp³-hybridized carbons (Fsp3) is 0.250. The van der Waals surface area contributed by atoms with Crippen molar-refractivity contribution in [3.8, 4) is 17.2 Å². The Morgan fingerprint density at radius 3 is 2.71 bits per heavy atom. The normalized spacial score (nSPS) is 20.7. The third-order valence-electron chi connectivity index (χ3n) is 6.56. The van der Waals surface area contributed by atoms with Crippen molar-refractivity contribution in [1.82, 2.24) is 14.6 Å². The molecule has 1 atom stereocenters. The van der Waals surface area contributed by atoms with Crippen LogP contribution in [0.1, 0.15) is 16.7 Å². The molecular formula is C24H20N4O3. The van der Waals surface area contributed by atoms with Gasteiger partial charge in [-0.05, 0) is 29.3 Å². The van der Waals surface area contributed by atoms with Gasteiger partial charge in [0.15, 0.2) is 17.1 Å².